The van der Waals surface area contributed by atoms with E-state index in [1.54, 1.807) is 24.3 Å². The third-order valence-corrected chi connectivity index (χ3v) is 7.51. The van der Waals surface area contributed by atoms with Crippen LogP contribution in [0.15, 0.2) is 89.8 Å². The van der Waals surface area contributed by atoms with Crippen molar-refractivity contribution < 1.29 is 17.9 Å². The first-order chi connectivity index (χ1) is 16.7. The number of hydrogen-bond donors (Lipinski definition) is 1. The maximum absolute atomic E-state index is 13.4. The summed E-state index contributed by atoms with van der Waals surface area (Å²) in [5.41, 5.74) is 7.10. The lowest BCUT2D eigenvalue weighted by molar-refractivity contribution is 0.0600. The first-order valence-electron chi connectivity index (χ1n) is 11.2. The van der Waals surface area contributed by atoms with Crippen LogP contribution in [0.4, 0.5) is 0 Å². The molecule has 0 aromatic heterocycles. The van der Waals surface area contributed by atoms with Gasteiger partial charge in [-0.25, -0.2) is 17.9 Å². The fraction of sp³-hybridized carbons (Fsp3) is 0.138. The number of hydrogen-bond acceptors (Lipinski definition) is 4. The van der Waals surface area contributed by atoms with Gasteiger partial charge in [-0.15, -0.1) is 0 Å². The van der Waals surface area contributed by atoms with Gasteiger partial charge in [-0.05, 0) is 67.4 Å². The maximum atomic E-state index is 13.4. The van der Waals surface area contributed by atoms with Crippen molar-refractivity contribution in [2.75, 3.05) is 14.2 Å². The number of ether oxygens (including phenoxy) is 1. The Hall–Kier alpha value is -3.74. The van der Waals surface area contributed by atoms with Crippen LogP contribution in [0.2, 0.25) is 0 Å². The molecule has 35 heavy (non-hydrogen) atoms. The molecular weight excluding hydrogens is 458 g/mol. The van der Waals surface area contributed by atoms with Crippen molar-refractivity contribution in [3.8, 4) is 33.4 Å². The molecule has 0 unspecified atom stereocenters. The van der Waals surface area contributed by atoms with Gasteiger partial charge >= 0.3 is 5.97 Å². The highest BCUT2D eigenvalue weighted by Gasteiger charge is 2.25. The van der Waals surface area contributed by atoms with E-state index in [9.17, 15) is 13.2 Å². The minimum absolute atomic E-state index is 0.186. The van der Waals surface area contributed by atoms with Crippen LogP contribution in [0, 0.1) is 13.8 Å². The molecule has 0 aliphatic carbocycles. The number of esters is 1. The van der Waals surface area contributed by atoms with E-state index in [4.69, 9.17) is 4.74 Å². The number of sulfonamides is 1. The third kappa shape index (κ3) is 5.04. The minimum atomic E-state index is -3.84. The van der Waals surface area contributed by atoms with Crippen LogP contribution in [0.25, 0.3) is 33.4 Å². The molecule has 4 rings (SSSR count). The Balaban J connectivity index is 2.06. The summed E-state index contributed by atoms with van der Waals surface area (Å²) < 4.78 is 34.1. The molecule has 0 saturated carbocycles. The molecule has 0 saturated heterocycles. The number of rotatable bonds is 6. The summed E-state index contributed by atoms with van der Waals surface area (Å²) in [6.45, 7) is 4.02. The van der Waals surface area contributed by atoms with Crippen molar-refractivity contribution in [1.29, 1.82) is 0 Å². The lowest BCUT2D eigenvalue weighted by Gasteiger charge is -2.18. The molecule has 5 nitrogen and oxygen atoms in total. The Labute approximate surface area is 206 Å². The van der Waals surface area contributed by atoms with Gasteiger partial charge in [-0.3, -0.25) is 0 Å². The molecule has 0 atom stereocenters. The molecule has 0 amide bonds. The molecule has 0 heterocycles. The van der Waals surface area contributed by atoms with Gasteiger partial charge in [-0.1, -0.05) is 71.8 Å². The predicted molar refractivity (Wildman–Crippen MR) is 140 cm³/mol. The van der Waals surface area contributed by atoms with Gasteiger partial charge in [0.2, 0.25) is 10.0 Å². The molecule has 0 bridgehead atoms. The van der Waals surface area contributed by atoms with Crippen LogP contribution >= 0.6 is 0 Å². The lowest BCUT2D eigenvalue weighted by atomic mass is 9.92. The number of benzene rings is 4. The Kier molecular flexibility index (Phi) is 6.87. The molecule has 4 aromatic carbocycles. The highest BCUT2D eigenvalue weighted by atomic mass is 32.2. The molecule has 0 aliphatic rings. The molecule has 0 fully saturated rings. The zero-order valence-electron chi connectivity index (χ0n) is 20.1. The minimum Gasteiger partial charge on any atom is -0.465 e. The van der Waals surface area contributed by atoms with Gasteiger partial charge in [0, 0.05) is 11.1 Å². The van der Waals surface area contributed by atoms with Crippen molar-refractivity contribution >= 4 is 16.0 Å². The quantitative estimate of drug-likeness (QED) is 0.340. The van der Waals surface area contributed by atoms with Gasteiger partial charge in [0.15, 0.2) is 0 Å². The number of carbonyl (C=O) groups is 1. The Morgan fingerprint density at radius 1 is 0.686 bits per heavy atom. The highest BCUT2D eigenvalue weighted by molar-refractivity contribution is 7.89. The summed E-state index contributed by atoms with van der Waals surface area (Å²) in [5, 5.41) is 0. The van der Waals surface area contributed by atoms with Crippen LogP contribution in [0.5, 0.6) is 0 Å². The van der Waals surface area contributed by atoms with Crippen molar-refractivity contribution in [3.63, 3.8) is 0 Å². The standard InChI is InChI=1S/C29H27NO4S/c1-19-5-9-21(10-6-19)25-17-26(22-11-7-20(2)8-12-22)28(35(32,33)30-3)27(18-25)23-13-15-24(16-14-23)29(31)34-4/h5-18,30H,1-4H3. The largest absolute Gasteiger partial charge is 0.465 e. The second-order valence-corrected chi connectivity index (χ2v) is 10.2. The van der Waals surface area contributed by atoms with Crippen molar-refractivity contribution in [2.24, 2.45) is 0 Å². The molecule has 1 N–H and O–H groups in total. The smallest absolute Gasteiger partial charge is 0.337 e. The van der Waals surface area contributed by atoms with Crippen molar-refractivity contribution in [2.45, 2.75) is 18.7 Å². The van der Waals surface area contributed by atoms with Crippen LogP contribution in [0.3, 0.4) is 0 Å². The van der Waals surface area contributed by atoms with Crippen molar-refractivity contribution in [3.05, 3.63) is 102 Å². The monoisotopic (exact) mass is 485 g/mol. The molecule has 0 radical (unpaired) electrons. The molecule has 178 valence electrons. The van der Waals surface area contributed by atoms with Gasteiger partial charge in [0.25, 0.3) is 0 Å². The Morgan fingerprint density at radius 2 is 1.11 bits per heavy atom. The van der Waals surface area contributed by atoms with Gasteiger partial charge < -0.3 is 4.74 Å². The van der Waals surface area contributed by atoms with Crippen LogP contribution in [0.1, 0.15) is 21.5 Å². The average molecular weight is 486 g/mol. The third-order valence-electron chi connectivity index (χ3n) is 5.99. The number of nitrogens with one attached hydrogen (secondary N) is 1. The van der Waals surface area contributed by atoms with E-state index in [-0.39, 0.29) is 4.90 Å². The van der Waals surface area contributed by atoms with Crippen molar-refractivity contribution in [1.82, 2.24) is 4.72 Å². The van der Waals surface area contributed by atoms with Crippen LogP contribution < -0.4 is 4.72 Å². The van der Waals surface area contributed by atoms with E-state index in [1.165, 1.54) is 14.2 Å². The number of carbonyl (C=O) groups excluding carboxylic acids is 1. The summed E-state index contributed by atoms with van der Waals surface area (Å²) >= 11 is 0. The summed E-state index contributed by atoms with van der Waals surface area (Å²) in [6.07, 6.45) is 0. The SMILES string of the molecule is CNS(=O)(=O)c1c(-c2ccc(C)cc2)cc(-c2ccc(C)cc2)cc1-c1ccc(C(=O)OC)cc1. The second-order valence-electron chi connectivity index (χ2n) is 8.41. The van der Waals surface area contributed by atoms with E-state index >= 15 is 0 Å². The zero-order valence-corrected chi connectivity index (χ0v) is 20.9. The summed E-state index contributed by atoms with van der Waals surface area (Å²) in [5.74, 6) is -0.451. The fourth-order valence-corrected chi connectivity index (χ4v) is 5.14. The van der Waals surface area contributed by atoms with Gasteiger partial charge in [0.05, 0.1) is 17.6 Å². The molecule has 4 aromatic rings. The first kappa shape index (κ1) is 24.4. The second kappa shape index (κ2) is 9.86. The molecule has 6 heteroatoms. The van der Waals surface area contributed by atoms with Crippen LogP contribution in [-0.4, -0.2) is 28.5 Å². The highest BCUT2D eigenvalue weighted by Crippen LogP contribution is 2.40. The average Bonchev–Trinajstić information content (AvgIpc) is 2.88. The van der Waals surface area contributed by atoms with Gasteiger partial charge in [0.1, 0.15) is 0 Å². The zero-order chi connectivity index (χ0) is 25.2. The van der Waals surface area contributed by atoms with Gasteiger partial charge in [-0.2, -0.15) is 0 Å². The summed E-state index contributed by atoms with van der Waals surface area (Å²) in [4.78, 5) is 12.1. The Morgan fingerprint density at radius 3 is 1.54 bits per heavy atom. The topological polar surface area (TPSA) is 72.5 Å². The van der Waals surface area contributed by atoms with E-state index in [1.807, 2.05) is 74.5 Å². The normalized spacial score (nSPS) is 11.3. The van der Waals surface area contributed by atoms with Crippen LogP contribution in [-0.2, 0) is 14.8 Å². The molecule has 0 aliphatic heterocycles. The summed E-state index contributed by atoms with van der Waals surface area (Å²) in [6, 6.07) is 26.5. The number of aryl methyl sites for hydroxylation is 2. The number of methoxy groups -OCH3 is 1. The molecule has 0 spiro atoms. The van der Waals surface area contributed by atoms with E-state index < -0.39 is 16.0 Å². The predicted octanol–water partition coefficient (Wildman–Crippen LogP) is 6.00. The summed E-state index contributed by atoms with van der Waals surface area (Å²) in [7, 11) is -1.11. The fourth-order valence-electron chi connectivity index (χ4n) is 4.00. The first-order valence-corrected chi connectivity index (χ1v) is 12.7. The Bertz CT molecular complexity index is 1470. The van der Waals surface area contributed by atoms with E-state index in [0.29, 0.717) is 22.3 Å². The molecular formula is C29H27NO4S. The van der Waals surface area contributed by atoms with E-state index in [2.05, 4.69) is 4.72 Å². The maximum Gasteiger partial charge on any atom is 0.337 e. The lowest BCUT2D eigenvalue weighted by Crippen LogP contribution is -2.20. The van der Waals surface area contributed by atoms with E-state index in [0.717, 1.165) is 27.8 Å².